The van der Waals surface area contributed by atoms with Crippen molar-refractivity contribution in [2.75, 3.05) is 13.2 Å². The Bertz CT molecular complexity index is 344. The minimum Gasteiger partial charge on any atom is -0.394 e. The fraction of sp³-hybridized carbons (Fsp3) is 0.417. The highest BCUT2D eigenvalue weighted by atomic mass is 16.3. The molecule has 2 nitrogen and oxygen atoms in total. The molecule has 0 saturated heterocycles. The van der Waals surface area contributed by atoms with E-state index in [1.165, 1.54) is 23.3 Å². The van der Waals surface area contributed by atoms with Crippen LogP contribution in [0.4, 0.5) is 0 Å². The van der Waals surface area contributed by atoms with E-state index in [4.69, 9.17) is 5.11 Å². The Morgan fingerprint density at radius 2 is 2.07 bits per heavy atom. The molecule has 0 aromatic heterocycles. The average molecular weight is 189 g/mol. The maximum absolute atomic E-state index is 8.74. The van der Waals surface area contributed by atoms with Crippen LogP contribution >= 0.6 is 0 Å². The maximum Gasteiger partial charge on any atom is 0.0627 e. The van der Waals surface area contributed by atoms with Crippen molar-refractivity contribution in [1.29, 1.82) is 0 Å². The number of aliphatic hydroxyl groups is 1. The van der Waals surface area contributed by atoms with Crippen molar-refractivity contribution in [2.24, 2.45) is 4.99 Å². The molecule has 0 unspecified atom stereocenters. The second-order valence-corrected chi connectivity index (χ2v) is 3.56. The Kier molecular flexibility index (Phi) is 2.94. The number of fused-ring (bicyclic) bond motifs is 1. The zero-order valence-electron chi connectivity index (χ0n) is 8.24. The third kappa shape index (κ3) is 1.85. The summed E-state index contributed by atoms with van der Waals surface area (Å²) in [5, 5.41) is 8.74. The third-order valence-corrected chi connectivity index (χ3v) is 2.59. The smallest absolute Gasteiger partial charge is 0.0627 e. The highest BCUT2D eigenvalue weighted by molar-refractivity contribution is 6.02. The van der Waals surface area contributed by atoms with E-state index in [1.807, 2.05) is 0 Å². The molecule has 0 atom stereocenters. The lowest BCUT2D eigenvalue weighted by atomic mass is 9.90. The standard InChI is InChI=1S/C12H15NO/c14-9-8-13-12-7-3-5-10-4-1-2-6-11(10)12/h1-2,4,6,14H,3,5,7-9H2/b13-12+. The second kappa shape index (κ2) is 4.38. The van der Waals surface area contributed by atoms with Gasteiger partial charge in [-0.1, -0.05) is 24.3 Å². The van der Waals surface area contributed by atoms with Crippen LogP contribution in [-0.4, -0.2) is 24.0 Å². The molecule has 1 aromatic rings. The van der Waals surface area contributed by atoms with Gasteiger partial charge in [0.25, 0.3) is 0 Å². The summed E-state index contributed by atoms with van der Waals surface area (Å²) in [5.41, 5.74) is 3.85. The van der Waals surface area contributed by atoms with Gasteiger partial charge < -0.3 is 5.11 Å². The van der Waals surface area contributed by atoms with Gasteiger partial charge in [-0.15, -0.1) is 0 Å². The normalized spacial score (nSPS) is 18.2. The van der Waals surface area contributed by atoms with Crippen LogP contribution in [0.5, 0.6) is 0 Å². The summed E-state index contributed by atoms with van der Waals surface area (Å²) in [4.78, 5) is 4.41. The van der Waals surface area contributed by atoms with Crippen LogP contribution in [0.1, 0.15) is 24.0 Å². The molecule has 14 heavy (non-hydrogen) atoms. The SMILES string of the molecule is OCC/N=C1\CCCc2ccccc21. The number of hydrogen-bond donors (Lipinski definition) is 1. The van der Waals surface area contributed by atoms with Crippen molar-refractivity contribution in [1.82, 2.24) is 0 Å². The Hall–Kier alpha value is -1.15. The highest BCUT2D eigenvalue weighted by Crippen LogP contribution is 2.21. The first-order chi connectivity index (χ1) is 6.92. The molecule has 0 heterocycles. The number of hydrogen-bond acceptors (Lipinski definition) is 2. The van der Waals surface area contributed by atoms with Crippen LogP contribution < -0.4 is 0 Å². The second-order valence-electron chi connectivity index (χ2n) is 3.56. The van der Waals surface area contributed by atoms with Crippen molar-refractivity contribution in [3.8, 4) is 0 Å². The Morgan fingerprint density at radius 3 is 2.93 bits per heavy atom. The van der Waals surface area contributed by atoms with Gasteiger partial charge in [0, 0.05) is 5.71 Å². The molecule has 74 valence electrons. The van der Waals surface area contributed by atoms with E-state index in [0.717, 1.165) is 12.8 Å². The highest BCUT2D eigenvalue weighted by Gasteiger charge is 2.13. The summed E-state index contributed by atoms with van der Waals surface area (Å²) in [7, 11) is 0. The van der Waals surface area contributed by atoms with E-state index < -0.39 is 0 Å². The van der Waals surface area contributed by atoms with E-state index in [9.17, 15) is 0 Å². The van der Waals surface area contributed by atoms with Gasteiger partial charge in [0.15, 0.2) is 0 Å². The van der Waals surface area contributed by atoms with Gasteiger partial charge in [0.1, 0.15) is 0 Å². The van der Waals surface area contributed by atoms with Gasteiger partial charge in [0.05, 0.1) is 13.2 Å². The third-order valence-electron chi connectivity index (χ3n) is 2.59. The van der Waals surface area contributed by atoms with Crippen LogP contribution in [-0.2, 0) is 6.42 Å². The minimum absolute atomic E-state index is 0.145. The zero-order valence-corrected chi connectivity index (χ0v) is 8.24. The summed E-state index contributed by atoms with van der Waals surface area (Å²) in [6.07, 6.45) is 3.40. The average Bonchev–Trinajstić information content (AvgIpc) is 2.26. The molecule has 2 heteroatoms. The van der Waals surface area contributed by atoms with Crippen molar-refractivity contribution < 1.29 is 5.11 Å². The fourth-order valence-corrected chi connectivity index (χ4v) is 1.95. The summed E-state index contributed by atoms with van der Waals surface area (Å²) in [6, 6.07) is 8.43. The maximum atomic E-state index is 8.74. The minimum atomic E-state index is 0.145. The number of aliphatic hydroxyl groups excluding tert-OH is 1. The first kappa shape index (κ1) is 9.41. The Balaban J connectivity index is 2.31. The van der Waals surface area contributed by atoms with Gasteiger partial charge in [-0.25, -0.2) is 0 Å². The van der Waals surface area contributed by atoms with Gasteiger partial charge >= 0.3 is 0 Å². The molecule has 0 amide bonds. The lowest BCUT2D eigenvalue weighted by Crippen LogP contribution is -2.12. The van der Waals surface area contributed by atoms with E-state index in [2.05, 4.69) is 29.3 Å². The van der Waals surface area contributed by atoms with Crippen LogP contribution in [0.15, 0.2) is 29.3 Å². The molecule has 2 rings (SSSR count). The predicted molar refractivity (Wildman–Crippen MR) is 57.9 cm³/mol. The van der Waals surface area contributed by atoms with Crippen molar-refractivity contribution in [3.63, 3.8) is 0 Å². The predicted octanol–water partition coefficient (Wildman–Crippen LogP) is 1.80. The topological polar surface area (TPSA) is 32.6 Å². The molecule has 0 radical (unpaired) electrons. The number of aryl methyl sites for hydroxylation is 1. The fourth-order valence-electron chi connectivity index (χ4n) is 1.95. The van der Waals surface area contributed by atoms with Crippen LogP contribution in [0, 0.1) is 0 Å². The summed E-state index contributed by atoms with van der Waals surface area (Å²) >= 11 is 0. The molecule has 1 aromatic carbocycles. The Labute approximate surface area is 84.3 Å². The zero-order chi connectivity index (χ0) is 9.80. The number of benzene rings is 1. The number of nitrogens with zero attached hydrogens (tertiary/aromatic N) is 1. The summed E-state index contributed by atoms with van der Waals surface area (Å²) in [6.45, 7) is 0.676. The van der Waals surface area contributed by atoms with Crippen LogP contribution in [0.25, 0.3) is 0 Å². The van der Waals surface area contributed by atoms with Crippen molar-refractivity contribution in [2.45, 2.75) is 19.3 Å². The largest absolute Gasteiger partial charge is 0.394 e. The van der Waals surface area contributed by atoms with Gasteiger partial charge in [-0.05, 0) is 30.4 Å². The van der Waals surface area contributed by atoms with Crippen LogP contribution in [0.3, 0.4) is 0 Å². The van der Waals surface area contributed by atoms with E-state index in [0.29, 0.717) is 6.54 Å². The lowest BCUT2D eigenvalue weighted by molar-refractivity contribution is 0.307. The van der Waals surface area contributed by atoms with E-state index in [1.54, 1.807) is 0 Å². The van der Waals surface area contributed by atoms with Gasteiger partial charge in [-0.2, -0.15) is 0 Å². The Morgan fingerprint density at radius 1 is 1.21 bits per heavy atom. The molecular weight excluding hydrogens is 174 g/mol. The summed E-state index contributed by atoms with van der Waals surface area (Å²) < 4.78 is 0. The van der Waals surface area contributed by atoms with Crippen molar-refractivity contribution in [3.05, 3.63) is 35.4 Å². The van der Waals surface area contributed by atoms with E-state index in [-0.39, 0.29) is 6.61 Å². The van der Waals surface area contributed by atoms with Crippen molar-refractivity contribution >= 4 is 5.71 Å². The molecule has 1 aliphatic carbocycles. The first-order valence-corrected chi connectivity index (χ1v) is 5.14. The monoisotopic (exact) mass is 189 g/mol. The van der Waals surface area contributed by atoms with Gasteiger partial charge in [-0.3, -0.25) is 4.99 Å². The van der Waals surface area contributed by atoms with Gasteiger partial charge in [0.2, 0.25) is 0 Å². The number of rotatable bonds is 2. The molecule has 0 spiro atoms. The molecular formula is C12H15NO. The summed E-state index contributed by atoms with van der Waals surface area (Å²) in [5.74, 6) is 0. The molecule has 0 aliphatic heterocycles. The molecule has 1 aliphatic rings. The molecule has 0 bridgehead atoms. The molecule has 1 N–H and O–H groups in total. The van der Waals surface area contributed by atoms with Crippen LogP contribution in [0.2, 0.25) is 0 Å². The lowest BCUT2D eigenvalue weighted by Gasteiger charge is -2.17. The first-order valence-electron chi connectivity index (χ1n) is 5.14. The quantitative estimate of drug-likeness (QED) is 0.756. The van der Waals surface area contributed by atoms with E-state index >= 15 is 0 Å². The number of aliphatic imine (C=N–C) groups is 1. The molecule has 0 fully saturated rings. The molecule has 0 saturated carbocycles.